The van der Waals surface area contributed by atoms with Crippen LogP contribution in [0.1, 0.15) is 17.7 Å². The van der Waals surface area contributed by atoms with Crippen molar-refractivity contribution in [2.75, 3.05) is 6.54 Å². The molecule has 2 rings (SSSR count). The fraction of sp³-hybridized carbons (Fsp3) is 0.231. The maximum absolute atomic E-state index is 13.1. The van der Waals surface area contributed by atoms with Crippen molar-refractivity contribution in [2.24, 2.45) is 5.73 Å². The van der Waals surface area contributed by atoms with Gasteiger partial charge in [-0.1, -0.05) is 19.1 Å². The topological polar surface area (TPSA) is 26.0 Å². The van der Waals surface area contributed by atoms with Crippen LogP contribution in [0.4, 0.5) is 4.39 Å². The number of benzene rings is 1. The third kappa shape index (κ3) is 2.31. The lowest BCUT2D eigenvalue weighted by atomic mass is 10.1. The number of nitrogens with two attached hydrogens (primary N) is 1. The van der Waals surface area contributed by atoms with Gasteiger partial charge in [0, 0.05) is 15.7 Å². The van der Waals surface area contributed by atoms with Gasteiger partial charge in [0.15, 0.2) is 0 Å². The molecule has 1 aromatic heterocycles. The standard InChI is InChI=1S/C13H14FNS/c1-9(8-15)12-5-6-13(16-12)10-3-2-4-11(14)7-10/h2-7,9H,8,15H2,1H3. The quantitative estimate of drug-likeness (QED) is 0.864. The van der Waals surface area contributed by atoms with E-state index >= 15 is 0 Å². The first-order chi connectivity index (χ1) is 7.70. The molecule has 16 heavy (non-hydrogen) atoms. The normalized spacial score (nSPS) is 12.7. The SMILES string of the molecule is CC(CN)c1ccc(-c2cccc(F)c2)s1. The molecule has 0 saturated heterocycles. The van der Waals surface area contributed by atoms with Gasteiger partial charge in [-0.25, -0.2) is 4.39 Å². The molecule has 1 nitrogen and oxygen atoms in total. The van der Waals surface area contributed by atoms with Gasteiger partial charge in [0.05, 0.1) is 0 Å². The van der Waals surface area contributed by atoms with Gasteiger partial charge in [-0.2, -0.15) is 0 Å². The third-order valence-electron chi connectivity index (χ3n) is 2.58. The maximum Gasteiger partial charge on any atom is 0.123 e. The zero-order valence-corrected chi connectivity index (χ0v) is 9.93. The first-order valence-corrected chi connectivity index (χ1v) is 6.08. The first-order valence-electron chi connectivity index (χ1n) is 5.26. The summed E-state index contributed by atoms with van der Waals surface area (Å²) in [5, 5.41) is 0. The Morgan fingerprint density at radius 2 is 2.12 bits per heavy atom. The van der Waals surface area contributed by atoms with E-state index in [1.54, 1.807) is 23.5 Å². The van der Waals surface area contributed by atoms with E-state index in [1.165, 1.54) is 10.9 Å². The summed E-state index contributed by atoms with van der Waals surface area (Å²) in [7, 11) is 0. The summed E-state index contributed by atoms with van der Waals surface area (Å²) in [5.41, 5.74) is 6.55. The van der Waals surface area contributed by atoms with Gasteiger partial charge in [-0.05, 0) is 36.4 Å². The van der Waals surface area contributed by atoms with Crippen LogP contribution in [0, 0.1) is 5.82 Å². The van der Waals surface area contributed by atoms with Gasteiger partial charge in [0.2, 0.25) is 0 Å². The molecule has 1 heterocycles. The monoisotopic (exact) mass is 235 g/mol. The van der Waals surface area contributed by atoms with Crippen LogP contribution in [0.25, 0.3) is 10.4 Å². The van der Waals surface area contributed by atoms with Crippen molar-refractivity contribution in [3.05, 3.63) is 47.1 Å². The molecule has 0 radical (unpaired) electrons. The lowest BCUT2D eigenvalue weighted by Crippen LogP contribution is -2.06. The summed E-state index contributed by atoms with van der Waals surface area (Å²) >= 11 is 1.68. The summed E-state index contributed by atoms with van der Waals surface area (Å²) in [5.74, 6) is 0.173. The van der Waals surface area contributed by atoms with Crippen molar-refractivity contribution in [1.82, 2.24) is 0 Å². The highest BCUT2D eigenvalue weighted by atomic mass is 32.1. The van der Waals surface area contributed by atoms with Crippen LogP contribution in [0.15, 0.2) is 36.4 Å². The molecule has 3 heteroatoms. The van der Waals surface area contributed by atoms with Gasteiger partial charge in [0.25, 0.3) is 0 Å². The second-order valence-electron chi connectivity index (χ2n) is 3.85. The average Bonchev–Trinajstić information content (AvgIpc) is 2.77. The molecule has 0 aliphatic carbocycles. The summed E-state index contributed by atoms with van der Waals surface area (Å²) in [6.45, 7) is 2.74. The van der Waals surface area contributed by atoms with Crippen LogP contribution in [-0.4, -0.2) is 6.54 Å². The minimum atomic E-state index is -0.195. The Hall–Kier alpha value is -1.19. The Kier molecular flexibility index (Phi) is 3.36. The molecule has 0 aliphatic heterocycles. The predicted octanol–water partition coefficient (Wildman–Crippen LogP) is 3.62. The molecular formula is C13H14FNS. The van der Waals surface area contributed by atoms with Crippen LogP contribution in [0.3, 0.4) is 0 Å². The Labute approximate surface area is 98.7 Å². The van der Waals surface area contributed by atoms with Gasteiger partial charge in [-0.3, -0.25) is 0 Å². The minimum absolute atomic E-state index is 0.195. The summed E-state index contributed by atoms with van der Waals surface area (Å²) in [6, 6.07) is 10.8. The fourth-order valence-corrected chi connectivity index (χ4v) is 2.60. The summed E-state index contributed by atoms with van der Waals surface area (Å²) < 4.78 is 13.1. The smallest absolute Gasteiger partial charge is 0.123 e. The first kappa shape index (κ1) is 11.3. The lowest BCUT2D eigenvalue weighted by molar-refractivity contribution is 0.628. The molecule has 1 aromatic carbocycles. The van der Waals surface area contributed by atoms with Gasteiger partial charge in [0.1, 0.15) is 5.82 Å². The van der Waals surface area contributed by atoms with Crippen LogP contribution >= 0.6 is 11.3 Å². The summed E-state index contributed by atoms with van der Waals surface area (Å²) in [6.07, 6.45) is 0. The number of rotatable bonds is 3. The molecule has 0 spiro atoms. The van der Waals surface area contributed by atoms with Crippen molar-refractivity contribution >= 4 is 11.3 Å². The van der Waals surface area contributed by atoms with Crippen molar-refractivity contribution in [3.8, 4) is 10.4 Å². The Morgan fingerprint density at radius 1 is 1.31 bits per heavy atom. The number of halogens is 1. The maximum atomic E-state index is 13.1. The minimum Gasteiger partial charge on any atom is -0.330 e. The zero-order valence-electron chi connectivity index (χ0n) is 9.11. The molecule has 2 N–H and O–H groups in total. The summed E-state index contributed by atoms with van der Waals surface area (Å²) in [4.78, 5) is 2.34. The molecule has 84 valence electrons. The fourth-order valence-electron chi connectivity index (χ4n) is 1.53. The third-order valence-corrected chi connectivity index (χ3v) is 3.94. The van der Waals surface area contributed by atoms with E-state index in [9.17, 15) is 4.39 Å². The van der Waals surface area contributed by atoms with Crippen LogP contribution in [0.2, 0.25) is 0 Å². The Balaban J connectivity index is 2.31. The van der Waals surface area contributed by atoms with E-state index in [0.717, 1.165) is 10.4 Å². The average molecular weight is 235 g/mol. The van der Waals surface area contributed by atoms with Crippen molar-refractivity contribution < 1.29 is 4.39 Å². The second kappa shape index (κ2) is 4.76. The van der Waals surface area contributed by atoms with Gasteiger partial charge >= 0.3 is 0 Å². The molecule has 1 unspecified atom stereocenters. The molecular weight excluding hydrogens is 221 g/mol. The van der Waals surface area contributed by atoms with E-state index in [4.69, 9.17) is 5.73 Å². The molecule has 0 saturated carbocycles. The van der Waals surface area contributed by atoms with Gasteiger partial charge in [-0.15, -0.1) is 11.3 Å². The lowest BCUT2D eigenvalue weighted by Gasteiger charge is -2.03. The molecule has 0 amide bonds. The van der Waals surface area contributed by atoms with Gasteiger partial charge < -0.3 is 5.73 Å². The Morgan fingerprint density at radius 3 is 2.81 bits per heavy atom. The van der Waals surface area contributed by atoms with E-state index in [0.29, 0.717) is 12.5 Å². The number of hydrogen-bond acceptors (Lipinski definition) is 2. The van der Waals surface area contributed by atoms with Crippen molar-refractivity contribution in [3.63, 3.8) is 0 Å². The highest BCUT2D eigenvalue weighted by molar-refractivity contribution is 7.15. The highest BCUT2D eigenvalue weighted by Gasteiger charge is 2.08. The van der Waals surface area contributed by atoms with Crippen LogP contribution in [-0.2, 0) is 0 Å². The highest BCUT2D eigenvalue weighted by Crippen LogP contribution is 2.31. The Bertz CT molecular complexity index is 478. The van der Waals surface area contributed by atoms with Crippen LogP contribution in [0.5, 0.6) is 0 Å². The molecule has 0 aliphatic rings. The van der Waals surface area contributed by atoms with Crippen LogP contribution < -0.4 is 5.73 Å². The van der Waals surface area contributed by atoms with E-state index in [2.05, 4.69) is 13.0 Å². The molecule has 2 aromatic rings. The second-order valence-corrected chi connectivity index (χ2v) is 4.96. The van der Waals surface area contributed by atoms with Crippen molar-refractivity contribution in [1.29, 1.82) is 0 Å². The van der Waals surface area contributed by atoms with E-state index < -0.39 is 0 Å². The molecule has 1 atom stereocenters. The molecule has 0 fully saturated rings. The molecule has 0 bridgehead atoms. The predicted molar refractivity (Wildman–Crippen MR) is 67.2 cm³/mol. The number of thiophene rings is 1. The number of hydrogen-bond donors (Lipinski definition) is 1. The van der Waals surface area contributed by atoms with E-state index in [1.807, 2.05) is 12.1 Å². The van der Waals surface area contributed by atoms with E-state index in [-0.39, 0.29) is 5.82 Å². The zero-order chi connectivity index (χ0) is 11.5. The largest absolute Gasteiger partial charge is 0.330 e. The van der Waals surface area contributed by atoms with Crippen molar-refractivity contribution in [2.45, 2.75) is 12.8 Å².